The number of aliphatic hydroxyl groups is 1. The van der Waals surface area contributed by atoms with Crippen LogP contribution in [0.1, 0.15) is 18.4 Å². The van der Waals surface area contributed by atoms with E-state index in [1.165, 1.54) is 12.1 Å². The van der Waals surface area contributed by atoms with Gasteiger partial charge in [-0.3, -0.25) is 19.8 Å². The van der Waals surface area contributed by atoms with Crippen molar-refractivity contribution in [3.05, 3.63) is 27.8 Å². The van der Waals surface area contributed by atoms with Crippen molar-refractivity contribution in [1.29, 1.82) is 0 Å². The van der Waals surface area contributed by atoms with Gasteiger partial charge in [0.25, 0.3) is 5.69 Å². The van der Waals surface area contributed by atoms with E-state index in [0.29, 0.717) is 17.9 Å². The molecule has 1 saturated heterocycles. The number of anilines is 2. The van der Waals surface area contributed by atoms with Crippen LogP contribution >= 0.6 is 0 Å². The SMILES string of the molecule is O=C1Nc2cc([N+](=O)[O-])cc(CN3CCCC3)c2NC1CO. The highest BCUT2D eigenvalue weighted by Crippen LogP contribution is 2.35. The van der Waals surface area contributed by atoms with Crippen LogP contribution in [0, 0.1) is 10.1 Å². The molecule has 1 unspecified atom stereocenters. The number of amides is 1. The van der Waals surface area contributed by atoms with Crippen LogP contribution in [0.2, 0.25) is 0 Å². The summed E-state index contributed by atoms with van der Waals surface area (Å²) in [7, 11) is 0. The first kappa shape index (κ1) is 14.7. The monoisotopic (exact) mass is 306 g/mol. The highest BCUT2D eigenvalue weighted by atomic mass is 16.6. The van der Waals surface area contributed by atoms with Gasteiger partial charge in [-0.15, -0.1) is 0 Å². The standard InChI is InChI=1S/C14H18N4O4/c19-8-12-14(20)16-11-6-10(18(21)22)5-9(13(11)15-12)7-17-3-1-2-4-17/h5-6,12,15,19H,1-4,7-8H2,(H,16,20). The summed E-state index contributed by atoms with van der Waals surface area (Å²) in [4.78, 5) is 24.7. The van der Waals surface area contributed by atoms with Crippen LogP contribution in [-0.4, -0.2) is 46.6 Å². The van der Waals surface area contributed by atoms with E-state index >= 15 is 0 Å². The maximum Gasteiger partial charge on any atom is 0.271 e. The largest absolute Gasteiger partial charge is 0.394 e. The van der Waals surface area contributed by atoms with Gasteiger partial charge in [-0.05, 0) is 31.5 Å². The molecule has 2 heterocycles. The topological polar surface area (TPSA) is 108 Å². The van der Waals surface area contributed by atoms with Gasteiger partial charge in [0, 0.05) is 18.7 Å². The van der Waals surface area contributed by atoms with Crippen LogP contribution in [-0.2, 0) is 11.3 Å². The molecule has 1 aromatic rings. The highest BCUT2D eigenvalue weighted by Gasteiger charge is 2.29. The highest BCUT2D eigenvalue weighted by molar-refractivity contribution is 6.04. The van der Waals surface area contributed by atoms with Crippen molar-refractivity contribution in [2.24, 2.45) is 0 Å². The number of nitro groups is 1. The van der Waals surface area contributed by atoms with Crippen molar-refractivity contribution in [1.82, 2.24) is 4.90 Å². The van der Waals surface area contributed by atoms with Gasteiger partial charge in [0.1, 0.15) is 6.04 Å². The predicted octanol–water partition coefficient (Wildman–Crippen LogP) is 0.915. The Bertz CT molecular complexity index is 613. The molecule has 2 aliphatic heterocycles. The lowest BCUT2D eigenvalue weighted by Crippen LogP contribution is -2.42. The molecule has 0 spiro atoms. The molecule has 0 aliphatic carbocycles. The van der Waals surface area contributed by atoms with Gasteiger partial charge >= 0.3 is 0 Å². The van der Waals surface area contributed by atoms with Crippen LogP contribution in [0.5, 0.6) is 0 Å². The lowest BCUT2D eigenvalue weighted by molar-refractivity contribution is -0.384. The molecule has 8 nitrogen and oxygen atoms in total. The van der Waals surface area contributed by atoms with Gasteiger partial charge < -0.3 is 15.7 Å². The summed E-state index contributed by atoms with van der Waals surface area (Å²) < 4.78 is 0. The fourth-order valence-corrected chi connectivity index (χ4v) is 2.95. The number of fused-ring (bicyclic) bond motifs is 1. The first-order chi connectivity index (χ1) is 10.6. The summed E-state index contributed by atoms with van der Waals surface area (Å²) in [5, 5.41) is 26.0. The van der Waals surface area contributed by atoms with E-state index < -0.39 is 11.0 Å². The molecule has 1 amide bonds. The summed E-state index contributed by atoms with van der Waals surface area (Å²) in [6.45, 7) is 2.19. The van der Waals surface area contributed by atoms with E-state index in [-0.39, 0.29) is 18.2 Å². The van der Waals surface area contributed by atoms with Crippen LogP contribution in [0.3, 0.4) is 0 Å². The molecule has 0 aromatic heterocycles. The molecule has 1 fully saturated rings. The van der Waals surface area contributed by atoms with Crippen molar-refractivity contribution in [3.63, 3.8) is 0 Å². The van der Waals surface area contributed by atoms with Gasteiger partial charge in [0.15, 0.2) is 0 Å². The molecule has 118 valence electrons. The Labute approximate surface area is 127 Å². The first-order valence-electron chi connectivity index (χ1n) is 7.30. The third kappa shape index (κ3) is 2.75. The average molecular weight is 306 g/mol. The van der Waals surface area contributed by atoms with E-state index in [0.717, 1.165) is 31.5 Å². The molecule has 0 saturated carbocycles. The zero-order valence-corrected chi connectivity index (χ0v) is 12.0. The number of nitro benzene ring substituents is 1. The Hall–Kier alpha value is -2.19. The number of benzene rings is 1. The van der Waals surface area contributed by atoms with E-state index in [4.69, 9.17) is 0 Å². The quantitative estimate of drug-likeness (QED) is 0.564. The van der Waals surface area contributed by atoms with Crippen molar-refractivity contribution >= 4 is 23.0 Å². The van der Waals surface area contributed by atoms with Crippen LogP contribution in [0.15, 0.2) is 12.1 Å². The minimum atomic E-state index is -0.730. The molecule has 2 aliphatic rings. The normalized spacial score (nSPS) is 21.1. The molecule has 1 aromatic carbocycles. The summed E-state index contributed by atoms with van der Waals surface area (Å²) in [6.07, 6.45) is 2.25. The average Bonchev–Trinajstić information content (AvgIpc) is 2.99. The third-order valence-electron chi connectivity index (χ3n) is 4.08. The van der Waals surface area contributed by atoms with Gasteiger partial charge in [0.05, 0.1) is 22.9 Å². The fraction of sp³-hybridized carbons (Fsp3) is 0.500. The van der Waals surface area contributed by atoms with E-state index in [2.05, 4.69) is 15.5 Å². The number of carbonyl (C=O) groups excluding carboxylic acids is 1. The summed E-state index contributed by atoms with van der Waals surface area (Å²) in [5.41, 5.74) is 1.79. The zero-order valence-electron chi connectivity index (χ0n) is 12.0. The second-order valence-electron chi connectivity index (χ2n) is 5.64. The fourth-order valence-electron chi connectivity index (χ4n) is 2.95. The summed E-state index contributed by atoms with van der Waals surface area (Å²) >= 11 is 0. The zero-order chi connectivity index (χ0) is 15.7. The Balaban J connectivity index is 1.98. The lowest BCUT2D eigenvalue weighted by Gasteiger charge is -2.28. The van der Waals surface area contributed by atoms with Gasteiger partial charge in [0.2, 0.25) is 5.91 Å². The minimum absolute atomic E-state index is 0.0440. The summed E-state index contributed by atoms with van der Waals surface area (Å²) in [5.74, 6) is -0.386. The third-order valence-corrected chi connectivity index (χ3v) is 4.08. The van der Waals surface area contributed by atoms with Gasteiger partial charge in [-0.2, -0.15) is 0 Å². The number of carbonyl (C=O) groups is 1. The molecular weight excluding hydrogens is 288 g/mol. The van der Waals surface area contributed by atoms with Crippen molar-refractivity contribution < 1.29 is 14.8 Å². The maximum atomic E-state index is 11.8. The first-order valence-corrected chi connectivity index (χ1v) is 7.30. The smallest absolute Gasteiger partial charge is 0.271 e. The van der Waals surface area contributed by atoms with Crippen LogP contribution in [0.25, 0.3) is 0 Å². The number of nitrogens with zero attached hydrogens (tertiary/aromatic N) is 2. The predicted molar refractivity (Wildman–Crippen MR) is 80.7 cm³/mol. The maximum absolute atomic E-state index is 11.8. The Morgan fingerprint density at radius 2 is 2.09 bits per heavy atom. The van der Waals surface area contributed by atoms with Gasteiger partial charge in [-0.25, -0.2) is 0 Å². The lowest BCUT2D eigenvalue weighted by atomic mass is 10.0. The molecule has 22 heavy (non-hydrogen) atoms. The molecule has 8 heteroatoms. The van der Waals surface area contributed by atoms with Crippen molar-refractivity contribution in [2.75, 3.05) is 30.3 Å². The second kappa shape index (κ2) is 5.90. The van der Waals surface area contributed by atoms with Crippen molar-refractivity contribution in [2.45, 2.75) is 25.4 Å². The van der Waals surface area contributed by atoms with E-state index in [1.54, 1.807) is 0 Å². The number of hydrogen-bond donors (Lipinski definition) is 3. The van der Waals surface area contributed by atoms with Gasteiger partial charge in [-0.1, -0.05) is 0 Å². The van der Waals surface area contributed by atoms with Crippen LogP contribution < -0.4 is 10.6 Å². The molecular formula is C14H18N4O4. The number of likely N-dealkylation sites (tertiary alicyclic amines) is 1. The molecule has 3 N–H and O–H groups in total. The molecule has 3 rings (SSSR count). The molecule has 0 bridgehead atoms. The van der Waals surface area contributed by atoms with E-state index in [9.17, 15) is 20.0 Å². The second-order valence-corrected chi connectivity index (χ2v) is 5.64. The minimum Gasteiger partial charge on any atom is -0.394 e. The number of aliphatic hydroxyl groups excluding tert-OH is 1. The number of hydrogen-bond acceptors (Lipinski definition) is 6. The number of rotatable bonds is 4. The van der Waals surface area contributed by atoms with E-state index in [1.807, 2.05) is 0 Å². The number of nitrogens with one attached hydrogen (secondary N) is 2. The Kier molecular flexibility index (Phi) is 3.95. The Morgan fingerprint density at radius 3 is 2.73 bits per heavy atom. The van der Waals surface area contributed by atoms with Crippen molar-refractivity contribution in [3.8, 4) is 0 Å². The molecule has 1 atom stereocenters. The number of non-ortho nitro benzene ring substituents is 1. The Morgan fingerprint density at radius 1 is 1.36 bits per heavy atom. The summed E-state index contributed by atoms with van der Waals surface area (Å²) in [6, 6.07) is 2.16. The van der Waals surface area contributed by atoms with Crippen LogP contribution in [0.4, 0.5) is 17.1 Å². The molecule has 0 radical (unpaired) electrons.